The molecule has 0 radical (unpaired) electrons. The van der Waals surface area contributed by atoms with Crippen LogP contribution < -0.4 is 16.0 Å². The minimum atomic E-state index is -4.24. The van der Waals surface area contributed by atoms with E-state index in [1.165, 1.54) is 44.6 Å². The minimum Gasteiger partial charge on any atom is -0.477 e. The van der Waals surface area contributed by atoms with Crippen molar-refractivity contribution in [2.75, 3.05) is 39.6 Å². The third kappa shape index (κ3) is 21.7. The molecule has 8 rings (SSSR count). The van der Waals surface area contributed by atoms with Gasteiger partial charge in [-0.25, -0.2) is 4.79 Å². The summed E-state index contributed by atoms with van der Waals surface area (Å²) in [4.78, 5) is 53.2. The van der Waals surface area contributed by atoms with Gasteiger partial charge in [0.15, 0.2) is 30.9 Å². The van der Waals surface area contributed by atoms with Crippen molar-refractivity contribution in [3.63, 3.8) is 0 Å². The van der Waals surface area contributed by atoms with Gasteiger partial charge in [-0.15, -0.1) is 0 Å². The Bertz CT molecular complexity index is 3270. The van der Waals surface area contributed by atoms with E-state index in [0.29, 0.717) is 41.2 Å². The molecule has 0 aliphatic carbocycles. The second-order valence-corrected chi connectivity index (χ2v) is 29.4. The molecule has 7 aliphatic rings. The zero-order valence-electron chi connectivity index (χ0n) is 62.4. The van der Waals surface area contributed by atoms with Crippen LogP contribution in [0.4, 0.5) is 8.63 Å². The summed E-state index contributed by atoms with van der Waals surface area (Å²) in [7, 11) is 0. The van der Waals surface area contributed by atoms with Crippen LogP contribution in [0, 0.1) is 13.8 Å². The van der Waals surface area contributed by atoms with Gasteiger partial charge < -0.3 is 168 Å². The van der Waals surface area contributed by atoms with Gasteiger partial charge in [0.2, 0.25) is 17.7 Å². The van der Waals surface area contributed by atoms with Gasteiger partial charge in [-0.3, -0.25) is 14.4 Å². The van der Waals surface area contributed by atoms with Crippen molar-refractivity contribution in [1.29, 1.82) is 0 Å². The number of halogens is 2. The van der Waals surface area contributed by atoms with E-state index < -0.39 is 248 Å². The molecule has 7 aliphatic heterocycles. The number of aliphatic hydroxyl groups is 16. The number of rotatable bonds is 41. The van der Waals surface area contributed by atoms with Crippen molar-refractivity contribution >= 4 is 42.4 Å². The Morgan fingerprint density at radius 3 is 1.83 bits per heavy atom. The molecule has 1 aromatic rings. The summed E-state index contributed by atoms with van der Waals surface area (Å²) in [5, 5.41) is 197. The highest BCUT2D eigenvalue weighted by molar-refractivity contribution is 6.58. The van der Waals surface area contributed by atoms with E-state index in [1.54, 1.807) is 44.2 Å². The van der Waals surface area contributed by atoms with E-state index in [1.807, 2.05) is 0 Å². The van der Waals surface area contributed by atoms with Gasteiger partial charge in [0.25, 0.3) is 5.79 Å². The number of amides is 3. The number of carboxylic acids is 1. The molecule has 20 N–H and O–H groups in total. The number of fused-ring (bicyclic) bond motifs is 2. The molecule has 0 saturated carbocycles. The first-order chi connectivity index (χ1) is 52.3. The maximum atomic E-state index is 16.2. The summed E-state index contributed by atoms with van der Waals surface area (Å²) < 4.78 is 94.4. The number of aromatic nitrogens is 1. The second kappa shape index (κ2) is 41.5. The molecule has 5 fully saturated rings. The van der Waals surface area contributed by atoms with Crippen molar-refractivity contribution in [3.8, 4) is 0 Å². The molecule has 3 amide bonds. The van der Waals surface area contributed by atoms with E-state index in [4.69, 9.17) is 47.4 Å². The molecule has 28 atom stereocenters. The highest BCUT2D eigenvalue weighted by atomic mass is 19.2. The van der Waals surface area contributed by atoms with Crippen LogP contribution in [0.15, 0.2) is 36.1 Å². The molecule has 1 aromatic heterocycles. The van der Waals surface area contributed by atoms with E-state index in [-0.39, 0.29) is 19.3 Å². The topological polar surface area (TPSA) is 549 Å². The Morgan fingerprint density at radius 2 is 1.21 bits per heavy atom. The Kier molecular flexibility index (Phi) is 34.1. The fourth-order valence-electron chi connectivity index (χ4n) is 15.1. The fourth-order valence-corrected chi connectivity index (χ4v) is 15.1. The summed E-state index contributed by atoms with van der Waals surface area (Å²) in [5.74, 6) is -8.01. The van der Waals surface area contributed by atoms with Crippen LogP contribution in [0.2, 0.25) is 0 Å². The van der Waals surface area contributed by atoms with Crippen LogP contribution in [0.25, 0.3) is 6.08 Å². The number of unbranched alkanes of at least 4 members (excludes halogenated alkanes) is 12. The number of nitrogens with one attached hydrogen (secondary N) is 3. The highest BCUT2D eigenvalue weighted by Crippen LogP contribution is 2.42. The predicted octanol–water partition coefficient (Wildman–Crippen LogP) is -4.02. The lowest BCUT2D eigenvalue weighted by Gasteiger charge is -2.52. The number of nitrogens with zero attached hydrogens (tertiary/aromatic N) is 2. The standard InChI is InChI=1S/C71H114BF2N5O31/c1-6-7-8-9-10-11-12-13-14-15-16-17-18-22-43(87)41(77-50(90)23-20-19-21-39-24-25-40-27-42-35(2)26-36(3)78(42)72(73,74)79(39)40)34-101-67-59(97)57(95)61(48(32-83)104-67)106-69-60(98)65(110-71(70(99)100)28-44(88)51(75-37(4)85)64(109-71)53(91)45(89)29-80)62(49(33-84)105-69)107-66-52(76-38(5)86)63(55(93)47(31-82)102-66)108-68-58(96)56(94)54(92)46(30-81)103-68/h18,22,24-27,41,43-49,51-69,80-84,87-89,91-98H,6-17,19-21,23,28-34H2,1-5H3,(H,75,85)(H,76,86)(H,77,90)(H,99,100)/b22-18+/t41-,43+,44-,45+,46+,47+,48+,49+,51+,52+,53+,54-,55-,56-,57+,58+,59+,60+,61+,62-,63+,64+,65+,66-,67+,68-,69-,71-/m0/s1. The van der Waals surface area contributed by atoms with E-state index in [0.717, 1.165) is 54.9 Å². The van der Waals surface area contributed by atoms with E-state index in [9.17, 15) is 106 Å². The quantitative estimate of drug-likeness (QED) is 0.0169. The molecule has 36 nitrogen and oxygen atoms in total. The van der Waals surface area contributed by atoms with Crippen LogP contribution >= 0.6 is 0 Å². The number of ether oxygens (including phenoxy) is 10. The van der Waals surface area contributed by atoms with Gasteiger partial charge >= 0.3 is 12.9 Å². The normalized spacial score (nSPS) is 35.4. The maximum Gasteiger partial charge on any atom is 0.737 e. The summed E-state index contributed by atoms with van der Waals surface area (Å²) in [6.07, 6.45) is -30.2. The van der Waals surface area contributed by atoms with E-state index >= 15 is 8.63 Å². The Morgan fingerprint density at radius 1 is 0.655 bits per heavy atom. The largest absolute Gasteiger partial charge is 0.737 e. The molecule has 0 aromatic carbocycles. The number of allylic oxidation sites excluding steroid dienone is 3. The Balaban J connectivity index is 1.03. The zero-order chi connectivity index (χ0) is 80.6. The van der Waals surface area contributed by atoms with Crippen LogP contribution in [0.3, 0.4) is 0 Å². The molecule has 5 saturated heterocycles. The van der Waals surface area contributed by atoms with Crippen molar-refractivity contribution < 1.29 is 166 Å². The summed E-state index contributed by atoms with van der Waals surface area (Å²) in [6.45, 7) is -3.09. The number of aryl methyl sites for hydroxylation is 2. The fraction of sp³-hybridized carbons (Fsp3) is 0.789. The average Bonchev–Trinajstić information content (AvgIpc) is 1.54. The lowest BCUT2D eigenvalue weighted by molar-refractivity contribution is -0.403. The number of hydrogen-bond acceptors (Lipinski definition) is 30. The Labute approximate surface area is 634 Å². The maximum absolute atomic E-state index is 16.2. The van der Waals surface area contributed by atoms with Crippen LogP contribution in [0.1, 0.15) is 147 Å². The molecule has 39 heteroatoms. The molecular formula is C71H114BF2N5O31. The SMILES string of the molecule is CCCCCCCCCCCCC/C=C/[C@@H](O)[C@H](CO[C@@H]1O[C@H](CO)[C@@H](O[C@@H]2O[C@H](CO)[C@H](O[C@@H]3O[C@H](CO)[C@H](O)[C@H](O[C@@H]4O[C@H](CO)[C@H](O)[C@H](O)[C@H]4O)[C@H]3NC(C)=O)[C@H](O[C@]3(C(=O)O)C[C@H](O)[C@@H](NC(C)=O)[C@H]([C@H](O)[C@H](O)CO)O3)[C@H]2O)[C@H](O)[C@H]1O)NC(=O)CCCCC1=[N+]2C(=Cc3c(C)cc(C)n3[B-]2(F)F)C=C1. The first-order valence-electron chi connectivity index (χ1n) is 37.9. The monoisotopic (exact) mass is 1580 g/mol. The molecular weight excluding hydrogens is 1470 g/mol. The van der Waals surface area contributed by atoms with Crippen molar-refractivity contribution in [3.05, 3.63) is 53.0 Å². The molecule has 110 heavy (non-hydrogen) atoms. The van der Waals surface area contributed by atoms with Crippen molar-refractivity contribution in [2.45, 2.75) is 315 Å². The lowest BCUT2D eigenvalue weighted by atomic mass is 9.88. The predicted molar refractivity (Wildman–Crippen MR) is 377 cm³/mol. The second-order valence-electron chi connectivity index (χ2n) is 29.4. The highest BCUT2D eigenvalue weighted by Gasteiger charge is 2.63. The van der Waals surface area contributed by atoms with Gasteiger partial charge in [0.1, 0.15) is 122 Å². The number of carboxylic acid groups (broad SMARTS) is 1. The molecule has 8 heterocycles. The number of carbonyl (C=O) groups is 4. The third-order valence-electron chi connectivity index (χ3n) is 21.1. The summed E-state index contributed by atoms with van der Waals surface area (Å²) in [6, 6.07) is -3.31. The van der Waals surface area contributed by atoms with Gasteiger partial charge in [-0.1, -0.05) is 83.3 Å². The van der Waals surface area contributed by atoms with Crippen molar-refractivity contribution in [1.82, 2.24) is 20.4 Å². The molecule has 0 bridgehead atoms. The lowest BCUT2D eigenvalue weighted by Crippen LogP contribution is -2.72. The molecule has 626 valence electrons. The summed E-state index contributed by atoms with van der Waals surface area (Å²) >= 11 is 0. The van der Waals surface area contributed by atoms with Crippen LogP contribution in [-0.2, 0) is 66.5 Å². The van der Waals surface area contributed by atoms with Crippen LogP contribution in [-0.4, -0.2) is 343 Å². The minimum absolute atomic E-state index is 0.140. The zero-order valence-corrected chi connectivity index (χ0v) is 62.4. The van der Waals surface area contributed by atoms with Gasteiger partial charge in [-0.05, 0) is 56.9 Å². The number of hydrogen-bond donors (Lipinski definition) is 20. The van der Waals surface area contributed by atoms with Gasteiger partial charge in [0, 0.05) is 57.0 Å². The first kappa shape index (κ1) is 90.5. The molecule has 0 unspecified atom stereocenters. The van der Waals surface area contributed by atoms with Crippen molar-refractivity contribution in [2.24, 2.45) is 0 Å². The smallest absolute Gasteiger partial charge is 0.477 e. The van der Waals surface area contributed by atoms with Gasteiger partial charge in [-0.2, -0.15) is 0 Å². The number of aliphatic hydroxyl groups excluding tert-OH is 16. The Hall–Kier alpha value is -5.07. The number of carbonyl (C=O) groups excluding carboxylic acids is 3. The average molecular weight is 1580 g/mol. The molecule has 0 spiro atoms. The third-order valence-corrected chi connectivity index (χ3v) is 21.1. The summed E-state index contributed by atoms with van der Waals surface area (Å²) in [5.41, 5.74) is 2.24. The van der Waals surface area contributed by atoms with Crippen LogP contribution in [0.5, 0.6) is 0 Å². The number of aliphatic carboxylic acids is 1. The first-order valence-corrected chi connectivity index (χ1v) is 37.9. The van der Waals surface area contributed by atoms with E-state index in [2.05, 4.69) is 22.9 Å². The van der Waals surface area contributed by atoms with Gasteiger partial charge in [0.05, 0.1) is 63.9 Å².